The topological polar surface area (TPSA) is 29.1 Å². The van der Waals surface area contributed by atoms with Crippen molar-refractivity contribution in [2.45, 2.75) is 30.7 Å². The van der Waals surface area contributed by atoms with Crippen molar-refractivity contribution >= 4 is 10.8 Å². The summed E-state index contributed by atoms with van der Waals surface area (Å²) in [5.41, 5.74) is 0. The van der Waals surface area contributed by atoms with Crippen LogP contribution in [0.25, 0.3) is 0 Å². The van der Waals surface area contributed by atoms with E-state index in [1.807, 2.05) is 0 Å². The highest BCUT2D eigenvalue weighted by molar-refractivity contribution is 7.85. The SMILES string of the molecule is CCNC(CS(=O)c1ccc(F)cc1)C1CC1. The quantitative estimate of drug-likeness (QED) is 0.845. The summed E-state index contributed by atoms with van der Waals surface area (Å²) in [5, 5.41) is 3.39. The van der Waals surface area contributed by atoms with Gasteiger partial charge in [0.25, 0.3) is 0 Å². The maximum absolute atomic E-state index is 12.8. The Labute approximate surface area is 104 Å². The first-order valence-corrected chi connectivity index (χ1v) is 7.40. The summed E-state index contributed by atoms with van der Waals surface area (Å²) >= 11 is 0. The van der Waals surface area contributed by atoms with Gasteiger partial charge in [0.1, 0.15) is 5.82 Å². The van der Waals surface area contributed by atoms with Crippen molar-refractivity contribution < 1.29 is 8.60 Å². The van der Waals surface area contributed by atoms with E-state index in [-0.39, 0.29) is 5.82 Å². The highest BCUT2D eigenvalue weighted by atomic mass is 32.2. The molecule has 1 saturated carbocycles. The third-order valence-corrected chi connectivity index (χ3v) is 4.52. The van der Waals surface area contributed by atoms with Crippen LogP contribution in [0, 0.1) is 11.7 Å². The van der Waals surface area contributed by atoms with Crippen LogP contribution in [0.4, 0.5) is 4.39 Å². The lowest BCUT2D eigenvalue weighted by molar-refractivity contribution is 0.514. The summed E-state index contributed by atoms with van der Waals surface area (Å²) in [6.07, 6.45) is 2.47. The molecule has 1 N–H and O–H groups in total. The Morgan fingerprint density at radius 2 is 2.06 bits per heavy atom. The first kappa shape index (κ1) is 12.7. The Hall–Kier alpha value is -0.740. The van der Waals surface area contributed by atoms with E-state index in [0.717, 1.165) is 11.4 Å². The summed E-state index contributed by atoms with van der Waals surface area (Å²) in [7, 11) is -1.03. The van der Waals surface area contributed by atoms with Gasteiger partial charge in [-0.05, 0) is 49.6 Å². The minimum Gasteiger partial charge on any atom is -0.313 e. The lowest BCUT2D eigenvalue weighted by Gasteiger charge is -2.16. The molecule has 0 aromatic heterocycles. The van der Waals surface area contributed by atoms with Gasteiger partial charge in [0, 0.05) is 16.7 Å². The summed E-state index contributed by atoms with van der Waals surface area (Å²) in [4.78, 5) is 0.718. The molecule has 0 amide bonds. The minimum atomic E-state index is -1.03. The van der Waals surface area contributed by atoms with Gasteiger partial charge in [0.2, 0.25) is 0 Å². The molecule has 2 unspecified atom stereocenters. The molecule has 2 nitrogen and oxygen atoms in total. The number of halogens is 1. The summed E-state index contributed by atoms with van der Waals surface area (Å²) in [5.74, 6) is 1.03. The fraction of sp³-hybridized carbons (Fsp3) is 0.538. The largest absolute Gasteiger partial charge is 0.313 e. The van der Waals surface area contributed by atoms with E-state index in [4.69, 9.17) is 0 Å². The van der Waals surface area contributed by atoms with Crippen molar-refractivity contribution in [1.82, 2.24) is 5.32 Å². The molecule has 0 heterocycles. The Morgan fingerprint density at radius 1 is 1.41 bits per heavy atom. The van der Waals surface area contributed by atoms with Gasteiger partial charge in [0.15, 0.2) is 0 Å². The molecule has 1 aliphatic carbocycles. The molecule has 0 saturated heterocycles. The van der Waals surface area contributed by atoms with Gasteiger partial charge < -0.3 is 5.32 Å². The molecule has 0 spiro atoms. The van der Waals surface area contributed by atoms with Crippen LogP contribution < -0.4 is 5.32 Å². The Morgan fingerprint density at radius 3 is 2.59 bits per heavy atom. The molecule has 1 fully saturated rings. The van der Waals surface area contributed by atoms with Gasteiger partial charge in [-0.3, -0.25) is 4.21 Å². The van der Waals surface area contributed by atoms with Gasteiger partial charge in [-0.15, -0.1) is 0 Å². The Bertz CT molecular complexity index is 389. The molecule has 2 rings (SSSR count). The molecule has 0 bridgehead atoms. The van der Waals surface area contributed by atoms with Crippen LogP contribution in [-0.2, 0) is 10.8 Å². The van der Waals surface area contributed by atoms with Gasteiger partial charge in [0.05, 0.1) is 10.8 Å². The summed E-state index contributed by atoms with van der Waals surface area (Å²) in [6.45, 7) is 2.97. The van der Waals surface area contributed by atoms with Crippen LogP contribution >= 0.6 is 0 Å². The van der Waals surface area contributed by atoms with Crippen molar-refractivity contribution in [3.63, 3.8) is 0 Å². The standard InChI is InChI=1S/C13H18FNOS/c1-2-15-13(10-3-4-10)9-17(16)12-7-5-11(14)6-8-12/h5-8,10,13,15H,2-4,9H2,1H3. The zero-order chi connectivity index (χ0) is 12.3. The van der Waals surface area contributed by atoms with Crippen LogP contribution in [0.5, 0.6) is 0 Å². The molecule has 1 aliphatic rings. The average molecular weight is 255 g/mol. The second kappa shape index (κ2) is 5.74. The second-order valence-electron chi connectivity index (χ2n) is 4.47. The lowest BCUT2D eigenvalue weighted by Crippen LogP contribution is -2.35. The molecule has 4 heteroatoms. The highest BCUT2D eigenvalue weighted by Crippen LogP contribution is 2.33. The number of benzene rings is 1. The number of rotatable bonds is 6. The smallest absolute Gasteiger partial charge is 0.123 e. The van der Waals surface area contributed by atoms with Crippen LogP contribution in [0.2, 0.25) is 0 Å². The molecule has 1 aromatic carbocycles. The van der Waals surface area contributed by atoms with E-state index >= 15 is 0 Å². The second-order valence-corrected chi connectivity index (χ2v) is 5.96. The summed E-state index contributed by atoms with van der Waals surface area (Å²) in [6, 6.07) is 6.30. The van der Waals surface area contributed by atoms with Gasteiger partial charge >= 0.3 is 0 Å². The normalized spacial score (nSPS) is 18.9. The van der Waals surface area contributed by atoms with Crippen molar-refractivity contribution in [2.75, 3.05) is 12.3 Å². The maximum Gasteiger partial charge on any atom is 0.123 e. The van der Waals surface area contributed by atoms with Gasteiger partial charge in [-0.1, -0.05) is 6.92 Å². The van der Waals surface area contributed by atoms with E-state index in [1.54, 1.807) is 12.1 Å². The predicted octanol–water partition coefficient (Wildman–Crippen LogP) is 2.32. The van der Waals surface area contributed by atoms with E-state index < -0.39 is 10.8 Å². The zero-order valence-corrected chi connectivity index (χ0v) is 10.8. The van der Waals surface area contributed by atoms with E-state index in [9.17, 15) is 8.60 Å². The summed E-state index contributed by atoms with van der Waals surface area (Å²) < 4.78 is 24.9. The molecule has 2 atom stereocenters. The Balaban J connectivity index is 1.97. The highest BCUT2D eigenvalue weighted by Gasteiger charge is 2.31. The third kappa shape index (κ3) is 3.61. The van der Waals surface area contributed by atoms with E-state index in [0.29, 0.717) is 17.7 Å². The van der Waals surface area contributed by atoms with Crippen LogP contribution in [0.3, 0.4) is 0 Å². The molecule has 94 valence electrons. The molecular weight excluding hydrogens is 237 g/mol. The first-order valence-electron chi connectivity index (χ1n) is 6.08. The van der Waals surface area contributed by atoms with Crippen molar-refractivity contribution in [1.29, 1.82) is 0 Å². The van der Waals surface area contributed by atoms with Crippen LogP contribution in [-0.4, -0.2) is 22.5 Å². The van der Waals surface area contributed by atoms with E-state index in [2.05, 4.69) is 12.2 Å². The molecule has 1 aromatic rings. The average Bonchev–Trinajstić information content (AvgIpc) is 3.13. The van der Waals surface area contributed by atoms with Crippen molar-refractivity contribution in [3.8, 4) is 0 Å². The number of nitrogens with one attached hydrogen (secondary N) is 1. The minimum absolute atomic E-state index is 0.281. The van der Waals surface area contributed by atoms with Crippen LogP contribution in [0.15, 0.2) is 29.2 Å². The van der Waals surface area contributed by atoms with Gasteiger partial charge in [-0.2, -0.15) is 0 Å². The van der Waals surface area contributed by atoms with Crippen molar-refractivity contribution in [3.05, 3.63) is 30.1 Å². The monoisotopic (exact) mass is 255 g/mol. The number of hydrogen-bond acceptors (Lipinski definition) is 2. The van der Waals surface area contributed by atoms with Gasteiger partial charge in [-0.25, -0.2) is 4.39 Å². The maximum atomic E-state index is 12.8. The molecule has 0 radical (unpaired) electrons. The molecule has 0 aliphatic heterocycles. The number of hydrogen-bond donors (Lipinski definition) is 1. The fourth-order valence-corrected chi connectivity index (χ4v) is 3.32. The predicted molar refractivity (Wildman–Crippen MR) is 67.9 cm³/mol. The zero-order valence-electron chi connectivity index (χ0n) is 9.99. The van der Waals surface area contributed by atoms with Crippen molar-refractivity contribution in [2.24, 2.45) is 5.92 Å². The fourth-order valence-electron chi connectivity index (χ4n) is 1.97. The van der Waals surface area contributed by atoms with Crippen LogP contribution in [0.1, 0.15) is 19.8 Å². The van der Waals surface area contributed by atoms with E-state index in [1.165, 1.54) is 25.0 Å². The third-order valence-electron chi connectivity index (χ3n) is 3.06. The Kier molecular flexibility index (Phi) is 4.29. The molecule has 17 heavy (non-hydrogen) atoms. The lowest BCUT2D eigenvalue weighted by atomic mass is 10.2. The first-order chi connectivity index (χ1) is 8.20. The molecular formula is C13H18FNOS.